The van der Waals surface area contributed by atoms with Gasteiger partial charge >= 0.3 is 0 Å². The van der Waals surface area contributed by atoms with Crippen LogP contribution in [-0.2, 0) is 15.8 Å². The van der Waals surface area contributed by atoms with Gasteiger partial charge in [-0.25, -0.2) is 23.1 Å². The number of halogens is 1. The van der Waals surface area contributed by atoms with Gasteiger partial charge in [0.15, 0.2) is 22.5 Å². The number of rotatable bonds is 11. The summed E-state index contributed by atoms with van der Waals surface area (Å²) in [6.07, 6.45) is 0.653. The minimum Gasteiger partial charge on any atom is -0.382 e. The molecule has 32 heavy (non-hydrogen) atoms. The number of benzene rings is 1. The molecule has 6 N–H and O–H groups in total. The van der Waals surface area contributed by atoms with E-state index in [1.54, 1.807) is 6.07 Å². The average Bonchev–Trinajstić information content (AvgIpc) is 2.67. The van der Waals surface area contributed by atoms with Crippen LogP contribution in [0.3, 0.4) is 0 Å². The van der Waals surface area contributed by atoms with Crippen LogP contribution in [0.15, 0.2) is 24.3 Å². The number of amides is 1. The molecule has 176 valence electrons. The summed E-state index contributed by atoms with van der Waals surface area (Å²) in [5, 5.41) is 2.66. The summed E-state index contributed by atoms with van der Waals surface area (Å²) < 4.78 is 27.8. The smallest absolute Gasteiger partial charge is 0.273 e. The molecule has 1 heterocycles. The van der Waals surface area contributed by atoms with Crippen molar-refractivity contribution in [2.75, 3.05) is 51.7 Å². The third-order valence-electron chi connectivity index (χ3n) is 4.82. The number of carbonyl (C=O) groups is 1. The van der Waals surface area contributed by atoms with Crippen molar-refractivity contribution in [1.29, 1.82) is 0 Å². The monoisotopic (exact) mass is 484 g/mol. The molecule has 12 heteroatoms. The van der Waals surface area contributed by atoms with E-state index in [9.17, 15) is 13.2 Å². The predicted octanol–water partition coefficient (Wildman–Crippen LogP) is 0.919. The van der Waals surface area contributed by atoms with Gasteiger partial charge in [-0.05, 0) is 12.5 Å². The predicted molar refractivity (Wildman–Crippen MR) is 126 cm³/mol. The summed E-state index contributed by atoms with van der Waals surface area (Å²) >= 11 is 5.81. The van der Waals surface area contributed by atoms with E-state index in [-0.39, 0.29) is 28.2 Å². The minimum absolute atomic E-state index is 0.0342. The van der Waals surface area contributed by atoms with Gasteiger partial charge in [0, 0.05) is 13.0 Å². The summed E-state index contributed by atoms with van der Waals surface area (Å²) in [7, 11) is 0.606. The Hall–Kier alpha value is -2.47. The van der Waals surface area contributed by atoms with Crippen LogP contribution < -0.4 is 21.5 Å². The zero-order chi connectivity index (χ0) is 23.9. The van der Waals surface area contributed by atoms with Crippen molar-refractivity contribution >= 4 is 39.2 Å². The summed E-state index contributed by atoms with van der Waals surface area (Å²) in [6.45, 7) is 3.99. The lowest BCUT2D eigenvalue weighted by Gasteiger charge is -2.30. The lowest BCUT2D eigenvalue weighted by molar-refractivity contribution is -0.889. The highest BCUT2D eigenvalue weighted by molar-refractivity contribution is 7.88. The number of nitrogens with one attached hydrogen (secondary N) is 2. The number of nitrogen functional groups attached to an aromatic ring is 2. The van der Waals surface area contributed by atoms with E-state index in [4.69, 9.17) is 23.1 Å². The first-order valence-corrected chi connectivity index (χ1v) is 12.1. The molecule has 0 fully saturated rings. The van der Waals surface area contributed by atoms with E-state index in [0.29, 0.717) is 30.5 Å². The first-order valence-electron chi connectivity index (χ1n) is 10.1. The third kappa shape index (κ3) is 8.23. The van der Waals surface area contributed by atoms with Crippen LogP contribution in [0.4, 0.5) is 11.6 Å². The second-order valence-corrected chi connectivity index (χ2v) is 10.4. The van der Waals surface area contributed by atoms with Crippen LogP contribution in [-0.4, -0.2) is 69.1 Å². The van der Waals surface area contributed by atoms with E-state index in [1.165, 1.54) is 0 Å². The van der Waals surface area contributed by atoms with Gasteiger partial charge in [-0.1, -0.05) is 41.4 Å². The molecule has 0 aliphatic heterocycles. The Bertz CT molecular complexity index is 1060. The molecule has 1 aromatic carbocycles. The SMILES string of the molecule is Cc1cccc(CS(=O)(=O)NCCC[N+](C)(C)CCNC(=O)c2nc(Cl)c(N)nc2N)c1. The van der Waals surface area contributed by atoms with Crippen molar-refractivity contribution in [3.05, 3.63) is 46.2 Å². The van der Waals surface area contributed by atoms with Gasteiger partial charge in [0.2, 0.25) is 10.0 Å². The van der Waals surface area contributed by atoms with E-state index < -0.39 is 15.9 Å². The van der Waals surface area contributed by atoms with E-state index in [2.05, 4.69) is 20.0 Å². The largest absolute Gasteiger partial charge is 0.382 e. The maximum Gasteiger partial charge on any atom is 0.273 e. The number of likely N-dealkylation sites (N-methyl/N-ethyl adjacent to an activating group) is 1. The zero-order valence-corrected chi connectivity index (χ0v) is 20.1. The molecule has 0 unspecified atom stereocenters. The van der Waals surface area contributed by atoms with Gasteiger partial charge in [-0.3, -0.25) is 4.79 Å². The van der Waals surface area contributed by atoms with E-state index in [1.807, 2.05) is 39.2 Å². The van der Waals surface area contributed by atoms with Crippen molar-refractivity contribution < 1.29 is 17.7 Å². The lowest BCUT2D eigenvalue weighted by atomic mass is 10.2. The number of quaternary nitrogens is 1. The number of nitrogens with zero attached hydrogens (tertiary/aromatic N) is 3. The highest BCUT2D eigenvalue weighted by Gasteiger charge is 2.19. The molecule has 0 aliphatic rings. The molecule has 0 saturated heterocycles. The molecular weight excluding hydrogens is 454 g/mol. The Labute approximate surface area is 194 Å². The van der Waals surface area contributed by atoms with Gasteiger partial charge in [0.05, 0.1) is 39.5 Å². The molecule has 0 aliphatic carbocycles. The van der Waals surface area contributed by atoms with Crippen LogP contribution >= 0.6 is 11.6 Å². The van der Waals surface area contributed by atoms with Crippen molar-refractivity contribution in [2.24, 2.45) is 0 Å². The zero-order valence-electron chi connectivity index (χ0n) is 18.6. The summed E-state index contributed by atoms with van der Waals surface area (Å²) in [5.74, 6) is -0.648. The van der Waals surface area contributed by atoms with Crippen molar-refractivity contribution in [1.82, 2.24) is 20.0 Å². The van der Waals surface area contributed by atoms with Crippen molar-refractivity contribution in [3.8, 4) is 0 Å². The van der Waals surface area contributed by atoms with E-state index in [0.717, 1.165) is 17.7 Å². The molecule has 1 aromatic heterocycles. The maximum absolute atomic E-state index is 12.3. The fourth-order valence-electron chi connectivity index (χ4n) is 3.08. The molecule has 0 radical (unpaired) electrons. The molecule has 1 amide bonds. The highest BCUT2D eigenvalue weighted by atomic mass is 35.5. The van der Waals surface area contributed by atoms with Gasteiger partial charge in [-0.15, -0.1) is 0 Å². The molecule has 2 aromatic rings. The number of aromatic nitrogens is 2. The van der Waals surface area contributed by atoms with Gasteiger partial charge in [0.1, 0.15) is 0 Å². The molecule has 2 rings (SSSR count). The Morgan fingerprint density at radius 3 is 2.53 bits per heavy atom. The first-order chi connectivity index (χ1) is 14.9. The molecule has 0 bridgehead atoms. The number of sulfonamides is 1. The first kappa shape index (κ1) is 25.8. The van der Waals surface area contributed by atoms with Gasteiger partial charge in [0.25, 0.3) is 5.91 Å². The van der Waals surface area contributed by atoms with Gasteiger partial charge < -0.3 is 21.3 Å². The molecular formula is C20H31ClN7O3S+. The number of aryl methyl sites for hydroxylation is 1. The highest BCUT2D eigenvalue weighted by Crippen LogP contribution is 2.17. The van der Waals surface area contributed by atoms with Crippen LogP contribution in [0.5, 0.6) is 0 Å². The second kappa shape index (κ2) is 10.9. The minimum atomic E-state index is -3.40. The van der Waals surface area contributed by atoms with Gasteiger partial charge in [-0.2, -0.15) is 0 Å². The molecule has 10 nitrogen and oxygen atoms in total. The maximum atomic E-state index is 12.3. The van der Waals surface area contributed by atoms with Crippen LogP contribution in [0, 0.1) is 6.92 Å². The normalized spacial score (nSPS) is 12.0. The average molecular weight is 485 g/mol. The number of hydrogen-bond acceptors (Lipinski definition) is 7. The van der Waals surface area contributed by atoms with Crippen LogP contribution in [0.2, 0.25) is 5.15 Å². The second-order valence-electron chi connectivity index (χ2n) is 8.27. The molecule has 0 saturated carbocycles. The third-order valence-corrected chi connectivity index (χ3v) is 6.46. The Kier molecular flexibility index (Phi) is 8.79. The Balaban J connectivity index is 1.74. The number of hydrogen-bond donors (Lipinski definition) is 4. The Morgan fingerprint density at radius 1 is 1.12 bits per heavy atom. The number of anilines is 2. The standard InChI is InChI=1S/C20H30ClN7O3S/c1-14-6-4-7-15(12-14)13-32(30,31)25-8-5-10-28(2,3)11-9-24-20(29)16-18(22)27-19(23)17(21)26-16/h4,6-7,12,25H,5,8-11,13H2,1-3H3,(H4-,22,23,24,27,29)/p+1. The summed E-state index contributed by atoms with van der Waals surface area (Å²) in [6, 6.07) is 7.45. The quantitative estimate of drug-likeness (QED) is 0.273. The van der Waals surface area contributed by atoms with Crippen molar-refractivity contribution in [3.63, 3.8) is 0 Å². The fraction of sp³-hybridized carbons (Fsp3) is 0.450. The van der Waals surface area contributed by atoms with E-state index >= 15 is 0 Å². The Morgan fingerprint density at radius 2 is 1.84 bits per heavy atom. The van der Waals surface area contributed by atoms with Crippen LogP contribution in [0.25, 0.3) is 0 Å². The summed E-state index contributed by atoms with van der Waals surface area (Å²) in [4.78, 5) is 19.9. The molecule has 0 atom stereocenters. The number of nitrogens with two attached hydrogens (primary N) is 2. The summed E-state index contributed by atoms with van der Waals surface area (Å²) in [5.41, 5.74) is 12.9. The fourth-order valence-corrected chi connectivity index (χ4v) is 4.39. The lowest BCUT2D eigenvalue weighted by Crippen LogP contribution is -2.46. The molecule has 0 spiro atoms. The topological polar surface area (TPSA) is 153 Å². The van der Waals surface area contributed by atoms with Crippen LogP contribution in [0.1, 0.15) is 28.0 Å². The number of carbonyl (C=O) groups excluding carboxylic acids is 1. The van der Waals surface area contributed by atoms with Crippen molar-refractivity contribution in [2.45, 2.75) is 19.1 Å².